The molecule has 114 valence electrons. The molecule has 2 rings (SSSR count). The minimum absolute atomic E-state index is 0.244. The summed E-state index contributed by atoms with van der Waals surface area (Å²) in [4.78, 5) is 12.0. The van der Waals surface area contributed by atoms with Crippen LogP contribution in [-0.2, 0) is 0 Å². The minimum Gasteiger partial charge on any atom is -0.494 e. The van der Waals surface area contributed by atoms with Gasteiger partial charge in [-0.15, -0.1) is 0 Å². The van der Waals surface area contributed by atoms with Crippen LogP contribution < -0.4 is 10.2 Å². The van der Waals surface area contributed by atoms with Crippen LogP contribution in [0.25, 0.3) is 0 Å². The van der Waals surface area contributed by atoms with Crippen LogP contribution in [0.5, 0.6) is 5.75 Å². The Morgan fingerprint density at radius 1 is 1.18 bits per heavy atom. The number of halogens is 1. The summed E-state index contributed by atoms with van der Waals surface area (Å²) in [6.45, 7) is 4.42. The van der Waals surface area contributed by atoms with Crippen molar-refractivity contribution in [2.24, 2.45) is 5.10 Å². The summed E-state index contributed by atoms with van der Waals surface area (Å²) in [5.74, 6) is 0.573. The molecule has 4 nitrogen and oxygen atoms in total. The van der Waals surface area contributed by atoms with Gasteiger partial charge in [0.1, 0.15) is 5.75 Å². The third-order valence-electron chi connectivity index (χ3n) is 3.00. The molecule has 0 spiro atoms. The summed E-state index contributed by atoms with van der Waals surface area (Å²) in [6, 6.07) is 14.7. The standard InChI is InChI=1S/C17H17BrN2O2/c1-3-22-16-9-7-13(8-10-16)12(2)19-20-17(21)14-5-4-6-15(18)11-14/h4-11H,3H2,1-2H3,(H,20,21)/b19-12+. The van der Waals surface area contributed by atoms with Crippen molar-refractivity contribution in [1.82, 2.24) is 5.43 Å². The highest BCUT2D eigenvalue weighted by Gasteiger charge is 2.05. The average Bonchev–Trinajstić information content (AvgIpc) is 2.53. The highest BCUT2D eigenvalue weighted by molar-refractivity contribution is 9.10. The van der Waals surface area contributed by atoms with Crippen LogP contribution in [0.1, 0.15) is 29.8 Å². The molecule has 1 N–H and O–H groups in total. The lowest BCUT2D eigenvalue weighted by molar-refractivity contribution is 0.0955. The van der Waals surface area contributed by atoms with E-state index in [2.05, 4.69) is 26.5 Å². The molecule has 0 saturated heterocycles. The van der Waals surface area contributed by atoms with Crippen molar-refractivity contribution in [3.63, 3.8) is 0 Å². The highest BCUT2D eigenvalue weighted by atomic mass is 79.9. The van der Waals surface area contributed by atoms with Crippen molar-refractivity contribution in [2.75, 3.05) is 6.61 Å². The third-order valence-corrected chi connectivity index (χ3v) is 3.49. The van der Waals surface area contributed by atoms with E-state index in [9.17, 15) is 4.79 Å². The zero-order valence-electron chi connectivity index (χ0n) is 12.5. The van der Waals surface area contributed by atoms with E-state index < -0.39 is 0 Å². The molecular formula is C17H17BrN2O2. The van der Waals surface area contributed by atoms with Gasteiger partial charge in [-0.2, -0.15) is 5.10 Å². The second-order valence-corrected chi connectivity index (χ2v) is 5.52. The van der Waals surface area contributed by atoms with Gasteiger partial charge in [0.2, 0.25) is 0 Å². The summed E-state index contributed by atoms with van der Waals surface area (Å²) < 4.78 is 6.25. The van der Waals surface area contributed by atoms with Gasteiger partial charge in [-0.3, -0.25) is 4.79 Å². The number of hydrogen-bond acceptors (Lipinski definition) is 3. The third kappa shape index (κ3) is 4.43. The molecule has 0 bridgehead atoms. The lowest BCUT2D eigenvalue weighted by Crippen LogP contribution is -2.19. The Kier molecular flexibility index (Phi) is 5.72. The fraction of sp³-hybridized carbons (Fsp3) is 0.176. The van der Waals surface area contributed by atoms with Crippen molar-refractivity contribution < 1.29 is 9.53 Å². The fourth-order valence-electron chi connectivity index (χ4n) is 1.85. The van der Waals surface area contributed by atoms with Gasteiger partial charge < -0.3 is 4.74 Å². The van der Waals surface area contributed by atoms with Crippen molar-refractivity contribution >= 4 is 27.5 Å². The summed E-state index contributed by atoms with van der Waals surface area (Å²) in [7, 11) is 0. The number of hydrazone groups is 1. The second-order valence-electron chi connectivity index (χ2n) is 4.61. The molecule has 0 heterocycles. The summed E-state index contributed by atoms with van der Waals surface area (Å²) in [6.07, 6.45) is 0. The molecule has 0 aliphatic rings. The Bertz CT molecular complexity index is 681. The molecular weight excluding hydrogens is 344 g/mol. The first-order valence-corrected chi connectivity index (χ1v) is 7.73. The Labute approximate surface area is 138 Å². The van der Waals surface area contributed by atoms with Gasteiger partial charge >= 0.3 is 0 Å². The van der Waals surface area contributed by atoms with Crippen LogP contribution in [0.4, 0.5) is 0 Å². The largest absolute Gasteiger partial charge is 0.494 e. The van der Waals surface area contributed by atoms with Gasteiger partial charge in [-0.1, -0.05) is 22.0 Å². The predicted molar refractivity (Wildman–Crippen MR) is 91.4 cm³/mol. The lowest BCUT2D eigenvalue weighted by atomic mass is 10.1. The Hall–Kier alpha value is -2.14. The lowest BCUT2D eigenvalue weighted by Gasteiger charge is -2.05. The maximum absolute atomic E-state index is 12.0. The van der Waals surface area contributed by atoms with Crippen molar-refractivity contribution in [2.45, 2.75) is 13.8 Å². The van der Waals surface area contributed by atoms with Gasteiger partial charge in [0.05, 0.1) is 12.3 Å². The SMILES string of the molecule is CCOc1ccc(/C(C)=N/NC(=O)c2cccc(Br)c2)cc1. The number of hydrogen-bond donors (Lipinski definition) is 1. The topological polar surface area (TPSA) is 50.7 Å². The van der Waals surface area contributed by atoms with E-state index >= 15 is 0 Å². The Morgan fingerprint density at radius 2 is 1.91 bits per heavy atom. The van der Waals surface area contributed by atoms with E-state index in [0.29, 0.717) is 12.2 Å². The van der Waals surface area contributed by atoms with Gasteiger partial charge in [0.15, 0.2) is 0 Å². The molecule has 0 saturated carbocycles. The zero-order chi connectivity index (χ0) is 15.9. The number of carbonyl (C=O) groups is 1. The highest BCUT2D eigenvalue weighted by Crippen LogP contribution is 2.13. The predicted octanol–water partition coefficient (Wildman–Crippen LogP) is 4.00. The molecule has 0 aliphatic carbocycles. The monoisotopic (exact) mass is 360 g/mol. The molecule has 0 aromatic heterocycles. The quantitative estimate of drug-likeness (QED) is 0.646. The van der Waals surface area contributed by atoms with Crippen LogP contribution in [0.15, 0.2) is 58.1 Å². The summed E-state index contributed by atoms with van der Waals surface area (Å²) >= 11 is 3.34. The molecule has 0 aliphatic heterocycles. The number of carbonyl (C=O) groups excluding carboxylic acids is 1. The summed E-state index contributed by atoms with van der Waals surface area (Å²) in [5, 5.41) is 4.14. The normalized spacial score (nSPS) is 11.1. The number of ether oxygens (including phenoxy) is 1. The van der Waals surface area contributed by atoms with E-state index in [-0.39, 0.29) is 5.91 Å². The molecule has 0 unspecified atom stereocenters. The number of benzene rings is 2. The van der Waals surface area contributed by atoms with Crippen LogP contribution in [0, 0.1) is 0 Å². The number of amides is 1. The molecule has 1 amide bonds. The van der Waals surface area contributed by atoms with E-state index in [1.807, 2.05) is 50.2 Å². The molecule has 22 heavy (non-hydrogen) atoms. The van der Waals surface area contributed by atoms with Gasteiger partial charge in [0, 0.05) is 10.0 Å². The van der Waals surface area contributed by atoms with Gasteiger partial charge in [-0.05, 0) is 61.9 Å². The Morgan fingerprint density at radius 3 is 2.55 bits per heavy atom. The van der Waals surface area contributed by atoms with Crippen LogP contribution in [0.3, 0.4) is 0 Å². The minimum atomic E-state index is -0.244. The maximum Gasteiger partial charge on any atom is 0.271 e. The molecule has 0 fully saturated rings. The maximum atomic E-state index is 12.0. The van der Waals surface area contributed by atoms with E-state index in [4.69, 9.17) is 4.74 Å². The fourth-order valence-corrected chi connectivity index (χ4v) is 2.25. The smallest absolute Gasteiger partial charge is 0.271 e. The summed E-state index contributed by atoms with van der Waals surface area (Å²) in [5.41, 5.74) is 4.77. The van der Waals surface area contributed by atoms with Crippen LogP contribution in [0.2, 0.25) is 0 Å². The van der Waals surface area contributed by atoms with Crippen molar-refractivity contribution in [3.05, 3.63) is 64.1 Å². The van der Waals surface area contributed by atoms with E-state index in [1.165, 1.54) is 0 Å². The van der Waals surface area contributed by atoms with Crippen molar-refractivity contribution in [1.29, 1.82) is 0 Å². The Balaban J connectivity index is 2.04. The first-order valence-electron chi connectivity index (χ1n) is 6.93. The molecule has 0 atom stereocenters. The number of nitrogens with one attached hydrogen (secondary N) is 1. The van der Waals surface area contributed by atoms with E-state index in [1.54, 1.807) is 12.1 Å². The molecule has 5 heteroatoms. The second kappa shape index (κ2) is 7.75. The molecule has 0 radical (unpaired) electrons. The number of nitrogens with zero attached hydrogens (tertiary/aromatic N) is 1. The zero-order valence-corrected chi connectivity index (χ0v) is 14.1. The van der Waals surface area contributed by atoms with Gasteiger partial charge in [0.25, 0.3) is 5.91 Å². The number of rotatable bonds is 5. The average molecular weight is 361 g/mol. The van der Waals surface area contributed by atoms with E-state index in [0.717, 1.165) is 21.5 Å². The first kappa shape index (κ1) is 16.2. The molecule has 2 aromatic rings. The van der Waals surface area contributed by atoms with Gasteiger partial charge in [-0.25, -0.2) is 5.43 Å². The van der Waals surface area contributed by atoms with Crippen LogP contribution in [-0.4, -0.2) is 18.2 Å². The van der Waals surface area contributed by atoms with Crippen molar-refractivity contribution in [3.8, 4) is 5.75 Å². The van der Waals surface area contributed by atoms with Crippen LogP contribution >= 0.6 is 15.9 Å². The molecule has 2 aromatic carbocycles. The first-order chi connectivity index (χ1) is 10.6.